The van der Waals surface area contributed by atoms with Gasteiger partial charge in [-0.05, 0) is 48.9 Å². The fraction of sp³-hybridized carbons (Fsp3) is 0.105. The van der Waals surface area contributed by atoms with Crippen LogP contribution in [-0.2, 0) is 10.9 Å². The number of carbonyl (C=O) groups excluding carboxylic acids is 1. The topological polar surface area (TPSA) is 129 Å². The second kappa shape index (κ2) is 7.06. The number of hydrogen-bond acceptors (Lipinski definition) is 7. The van der Waals surface area contributed by atoms with E-state index in [0.717, 1.165) is 4.31 Å². The number of methoxy groups -OCH3 is 1. The molecule has 2 N–H and O–H groups in total. The average molecular weight is 412 g/mol. The van der Waals surface area contributed by atoms with Crippen LogP contribution < -0.4 is 14.8 Å². The molecule has 0 aliphatic heterocycles. The molecule has 4 rings (SSSR count). The molecule has 148 valence electrons. The second-order valence-corrected chi connectivity index (χ2v) is 7.15. The van der Waals surface area contributed by atoms with Crippen LogP contribution in [0.3, 0.4) is 0 Å². The molecule has 9 nitrogen and oxygen atoms in total. The predicted molar refractivity (Wildman–Crippen MR) is 108 cm³/mol. The summed E-state index contributed by atoms with van der Waals surface area (Å²) in [6.07, 6.45) is 1.56. The van der Waals surface area contributed by atoms with Crippen LogP contribution in [-0.4, -0.2) is 31.6 Å². The first-order chi connectivity index (χ1) is 13.9. The van der Waals surface area contributed by atoms with E-state index in [0.29, 0.717) is 33.3 Å². The van der Waals surface area contributed by atoms with Gasteiger partial charge >= 0.3 is 0 Å². The standard InChI is InChI=1S/C19H16N4O5S/c1-10-8-13-16(9-12(10)18(20)24)28-22-19(13)23(29(25)26)14-5-6-15(27-2)11-4-3-7-21-17(11)14/h3-9,29H,1-2H3,(H2,20,24). The number of anilines is 2. The van der Waals surface area contributed by atoms with Crippen molar-refractivity contribution in [3.63, 3.8) is 0 Å². The molecule has 10 heteroatoms. The van der Waals surface area contributed by atoms with E-state index >= 15 is 0 Å². The first kappa shape index (κ1) is 18.7. The number of ether oxygens (including phenoxy) is 1. The maximum absolute atomic E-state index is 12.2. The van der Waals surface area contributed by atoms with Crippen molar-refractivity contribution >= 4 is 50.2 Å². The van der Waals surface area contributed by atoms with E-state index < -0.39 is 16.8 Å². The van der Waals surface area contributed by atoms with Gasteiger partial charge in [-0.25, -0.2) is 12.7 Å². The summed E-state index contributed by atoms with van der Waals surface area (Å²) in [4.78, 5) is 15.9. The lowest BCUT2D eigenvalue weighted by Crippen LogP contribution is -2.16. The number of nitrogens with zero attached hydrogens (tertiary/aromatic N) is 3. The van der Waals surface area contributed by atoms with Crippen LogP contribution in [0, 0.1) is 6.92 Å². The van der Waals surface area contributed by atoms with Gasteiger partial charge in [-0.3, -0.25) is 9.78 Å². The summed E-state index contributed by atoms with van der Waals surface area (Å²) < 4.78 is 36.2. The van der Waals surface area contributed by atoms with E-state index in [1.807, 2.05) is 0 Å². The van der Waals surface area contributed by atoms with Gasteiger partial charge in [0, 0.05) is 17.1 Å². The molecule has 2 aromatic carbocycles. The quantitative estimate of drug-likeness (QED) is 0.482. The zero-order chi connectivity index (χ0) is 20.7. The van der Waals surface area contributed by atoms with Crippen molar-refractivity contribution in [3.8, 4) is 5.75 Å². The number of benzene rings is 2. The summed E-state index contributed by atoms with van der Waals surface area (Å²) in [7, 11) is -1.62. The maximum atomic E-state index is 12.2. The van der Waals surface area contributed by atoms with Crippen LogP contribution in [0.2, 0.25) is 0 Å². The molecular weight excluding hydrogens is 396 g/mol. The lowest BCUT2D eigenvalue weighted by molar-refractivity contribution is 0.0999. The Kier molecular flexibility index (Phi) is 4.55. The molecule has 0 saturated heterocycles. The molecule has 0 spiro atoms. The van der Waals surface area contributed by atoms with Crippen molar-refractivity contribution in [2.75, 3.05) is 11.4 Å². The monoisotopic (exact) mass is 412 g/mol. The zero-order valence-electron chi connectivity index (χ0n) is 15.4. The smallest absolute Gasteiger partial charge is 0.249 e. The van der Waals surface area contributed by atoms with E-state index in [-0.39, 0.29) is 17.0 Å². The first-order valence-corrected chi connectivity index (χ1v) is 9.61. The molecule has 2 heterocycles. The number of pyridine rings is 1. The van der Waals surface area contributed by atoms with Crippen molar-refractivity contribution in [2.24, 2.45) is 5.73 Å². The Morgan fingerprint density at radius 2 is 2.00 bits per heavy atom. The number of carbonyl (C=O) groups is 1. The van der Waals surface area contributed by atoms with Crippen molar-refractivity contribution < 1.29 is 22.5 Å². The SMILES string of the molecule is COc1ccc(N(c2noc3cc(C(N)=O)c(C)cc23)[SH](=O)=O)c2ncccc12. The molecular formula is C19H16N4O5S. The lowest BCUT2D eigenvalue weighted by atomic mass is 10.1. The van der Waals surface area contributed by atoms with Gasteiger partial charge in [0.05, 0.1) is 23.7 Å². The predicted octanol–water partition coefficient (Wildman–Crippen LogP) is 2.46. The van der Waals surface area contributed by atoms with Crippen molar-refractivity contribution in [3.05, 3.63) is 53.7 Å². The summed E-state index contributed by atoms with van der Waals surface area (Å²) in [6.45, 7) is 1.70. The van der Waals surface area contributed by atoms with Gasteiger partial charge in [0.1, 0.15) is 5.75 Å². The molecule has 0 aliphatic rings. The van der Waals surface area contributed by atoms with Crippen molar-refractivity contribution in [1.82, 2.24) is 10.1 Å². The van der Waals surface area contributed by atoms with E-state index in [1.165, 1.54) is 13.2 Å². The summed E-state index contributed by atoms with van der Waals surface area (Å²) in [6, 6.07) is 9.83. The van der Waals surface area contributed by atoms with Gasteiger partial charge < -0.3 is 15.0 Å². The van der Waals surface area contributed by atoms with Gasteiger partial charge in [-0.15, -0.1) is 0 Å². The van der Waals surface area contributed by atoms with E-state index in [2.05, 4.69) is 10.1 Å². The molecule has 0 fully saturated rings. The highest BCUT2D eigenvalue weighted by Crippen LogP contribution is 2.38. The third-order valence-corrected chi connectivity index (χ3v) is 5.32. The second-order valence-electron chi connectivity index (χ2n) is 6.27. The van der Waals surface area contributed by atoms with E-state index in [4.69, 9.17) is 15.0 Å². The number of thiol groups is 1. The Morgan fingerprint density at radius 1 is 1.21 bits per heavy atom. The number of hydrogen-bond donors (Lipinski definition) is 2. The summed E-state index contributed by atoms with van der Waals surface area (Å²) in [5.41, 5.74) is 7.18. The molecule has 2 aromatic heterocycles. The van der Waals surface area contributed by atoms with Crippen molar-refractivity contribution in [2.45, 2.75) is 6.92 Å². The van der Waals surface area contributed by atoms with Crippen LogP contribution in [0.5, 0.6) is 5.75 Å². The van der Waals surface area contributed by atoms with Gasteiger partial charge in [0.15, 0.2) is 11.4 Å². The first-order valence-electron chi connectivity index (χ1n) is 8.48. The molecule has 4 aromatic rings. The molecule has 0 bridgehead atoms. The molecule has 1 amide bonds. The van der Waals surface area contributed by atoms with E-state index in [9.17, 15) is 13.2 Å². The number of aryl methyl sites for hydroxylation is 1. The Morgan fingerprint density at radius 3 is 2.69 bits per heavy atom. The Labute approximate surface area is 166 Å². The minimum absolute atomic E-state index is 0.0624. The molecule has 0 radical (unpaired) electrons. The summed E-state index contributed by atoms with van der Waals surface area (Å²) >= 11 is 0. The summed E-state index contributed by atoms with van der Waals surface area (Å²) in [5, 5.41) is 5.01. The average Bonchev–Trinajstić information content (AvgIpc) is 3.09. The van der Waals surface area contributed by atoms with Crippen LogP contribution in [0.15, 0.2) is 47.1 Å². The van der Waals surface area contributed by atoms with Gasteiger partial charge in [0.2, 0.25) is 16.8 Å². The molecule has 0 aliphatic carbocycles. The number of amides is 1. The number of rotatable bonds is 5. The Bertz CT molecular complexity index is 1340. The number of primary amides is 1. The van der Waals surface area contributed by atoms with Crippen LogP contribution >= 0.6 is 0 Å². The Hall–Kier alpha value is -3.66. The highest BCUT2D eigenvalue weighted by atomic mass is 32.2. The minimum Gasteiger partial charge on any atom is -0.496 e. The molecule has 0 saturated carbocycles. The number of fused-ring (bicyclic) bond motifs is 2. The van der Waals surface area contributed by atoms with Crippen LogP contribution in [0.4, 0.5) is 11.5 Å². The lowest BCUT2D eigenvalue weighted by Gasteiger charge is -2.17. The maximum Gasteiger partial charge on any atom is 0.249 e. The molecule has 0 unspecified atom stereocenters. The molecule has 0 atom stereocenters. The van der Waals surface area contributed by atoms with Gasteiger partial charge in [-0.2, -0.15) is 0 Å². The third-order valence-electron chi connectivity index (χ3n) is 4.58. The van der Waals surface area contributed by atoms with Gasteiger partial charge in [-0.1, -0.05) is 5.16 Å². The third kappa shape index (κ3) is 3.03. The number of aromatic nitrogens is 2. The normalized spacial score (nSPS) is 11.3. The van der Waals surface area contributed by atoms with E-state index in [1.54, 1.807) is 43.5 Å². The largest absolute Gasteiger partial charge is 0.496 e. The van der Waals surface area contributed by atoms with Crippen LogP contribution in [0.25, 0.3) is 21.9 Å². The fourth-order valence-electron chi connectivity index (χ4n) is 3.26. The zero-order valence-corrected chi connectivity index (χ0v) is 16.3. The molecule has 29 heavy (non-hydrogen) atoms. The minimum atomic E-state index is -3.14. The Balaban J connectivity index is 1.99. The number of nitrogens with two attached hydrogens (primary N) is 1. The van der Waals surface area contributed by atoms with Gasteiger partial charge in [0.25, 0.3) is 0 Å². The highest BCUT2D eigenvalue weighted by molar-refractivity contribution is 7.74. The fourth-order valence-corrected chi connectivity index (χ4v) is 3.89. The van der Waals surface area contributed by atoms with Crippen molar-refractivity contribution in [1.29, 1.82) is 0 Å². The van der Waals surface area contributed by atoms with Crippen LogP contribution in [0.1, 0.15) is 15.9 Å². The summed E-state index contributed by atoms with van der Waals surface area (Å²) in [5.74, 6) is 0.0108. The highest BCUT2D eigenvalue weighted by Gasteiger charge is 2.24.